The van der Waals surface area contributed by atoms with Crippen LogP contribution in [-0.4, -0.2) is 55.7 Å². The Labute approximate surface area is 219 Å². The van der Waals surface area contributed by atoms with Gasteiger partial charge in [0.25, 0.3) is 12.2 Å². The molecule has 0 spiro atoms. The number of thioether (sulfide) groups is 2. The third-order valence-electron chi connectivity index (χ3n) is 5.20. The molecule has 0 unspecified atom stereocenters. The highest BCUT2D eigenvalue weighted by Crippen LogP contribution is 2.40. The summed E-state index contributed by atoms with van der Waals surface area (Å²) in [6.07, 6.45) is 6.82. The summed E-state index contributed by atoms with van der Waals surface area (Å²) in [6, 6.07) is 5.83. The Balaban J connectivity index is 1.39. The van der Waals surface area contributed by atoms with Crippen LogP contribution in [0.2, 0.25) is 10.0 Å². The van der Waals surface area contributed by atoms with E-state index in [1.165, 1.54) is 28.4 Å². The van der Waals surface area contributed by atoms with E-state index in [9.17, 15) is 19.5 Å². The number of anilines is 1. The fourth-order valence-corrected chi connectivity index (χ4v) is 6.16. The van der Waals surface area contributed by atoms with Crippen LogP contribution in [0.25, 0.3) is 0 Å². The number of allylic oxidation sites excluding steroid dienone is 2. The number of nitrogen functional groups attached to an aromatic ring is 1. The van der Waals surface area contributed by atoms with E-state index in [4.69, 9.17) is 28.9 Å². The third kappa shape index (κ3) is 5.75. The molecule has 1 aromatic carbocycles. The number of carboxylic acids is 1. The molecule has 13 heteroatoms. The van der Waals surface area contributed by atoms with E-state index in [2.05, 4.69) is 10.3 Å². The summed E-state index contributed by atoms with van der Waals surface area (Å²) >= 11 is 14.7. The Hall–Kier alpha value is -2.73. The lowest BCUT2D eigenvalue weighted by Crippen LogP contribution is -2.70. The van der Waals surface area contributed by atoms with Crippen LogP contribution in [0.15, 0.2) is 65.1 Å². The molecule has 2 aromatic rings. The number of halogens is 2. The minimum atomic E-state index is -1.19. The van der Waals surface area contributed by atoms with Gasteiger partial charge in [0.2, 0.25) is 11.7 Å². The zero-order chi connectivity index (χ0) is 25.1. The van der Waals surface area contributed by atoms with E-state index < -0.39 is 23.3 Å². The predicted molar refractivity (Wildman–Crippen MR) is 135 cm³/mol. The first-order valence-corrected chi connectivity index (χ1v) is 13.1. The van der Waals surface area contributed by atoms with Crippen molar-refractivity contribution in [3.05, 3.63) is 70.3 Å². The van der Waals surface area contributed by atoms with Gasteiger partial charge in [0.15, 0.2) is 0 Å². The van der Waals surface area contributed by atoms with Gasteiger partial charge in [-0.15, -0.1) is 23.5 Å². The number of nitrogens with one attached hydrogen (secondary N) is 1. The fourth-order valence-electron chi connectivity index (χ4n) is 3.54. The van der Waals surface area contributed by atoms with E-state index >= 15 is 0 Å². The number of carbonyl (C=O) groups is 3. The number of nitrogens with zero attached hydrogens (tertiary/aromatic N) is 3. The Morgan fingerprint density at radius 1 is 1.37 bits per heavy atom. The Morgan fingerprint density at radius 2 is 2.17 bits per heavy atom. The lowest BCUT2D eigenvalue weighted by molar-refractivity contribution is -0.689. The molecule has 182 valence electrons. The summed E-state index contributed by atoms with van der Waals surface area (Å²) in [4.78, 5) is 43.1. The van der Waals surface area contributed by atoms with E-state index in [1.807, 2.05) is 0 Å². The molecular formula is C22H20Cl2N5O4S2+. The highest BCUT2D eigenvalue weighted by atomic mass is 35.5. The summed E-state index contributed by atoms with van der Waals surface area (Å²) in [6.45, 7) is 0.457. The summed E-state index contributed by atoms with van der Waals surface area (Å²) in [5, 5.41) is 13.0. The first-order chi connectivity index (χ1) is 16.7. The van der Waals surface area contributed by atoms with Crippen molar-refractivity contribution in [1.29, 1.82) is 0 Å². The molecule has 2 aliphatic rings. The molecule has 0 saturated carbocycles. The van der Waals surface area contributed by atoms with Gasteiger partial charge in [-0.05, 0) is 34.8 Å². The van der Waals surface area contributed by atoms with Gasteiger partial charge < -0.3 is 16.2 Å². The largest absolute Gasteiger partial charge is 0.477 e. The predicted octanol–water partition coefficient (Wildman–Crippen LogP) is 2.35. The summed E-state index contributed by atoms with van der Waals surface area (Å²) < 4.78 is 1.78. The van der Waals surface area contributed by atoms with Crippen LogP contribution in [0, 0.1) is 0 Å². The van der Waals surface area contributed by atoms with E-state index in [0.717, 1.165) is 0 Å². The second kappa shape index (κ2) is 10.9. The summed E-state index contributed by atoms with van der Waals surface area (Å²) in [5.74, 6) is -1.18. The van der Waals surface area contributed by atoms with Gasteiger partial charge in [0, 0.05) is 21.7 Å². The lowest BCUT2D eigenvalue weighted by atomic mass is 10.0. The first-order valence-electron chi connectivity index (χ1n) is 10.3. The maximum atomic E-state index is 12.8. The maximum Gasteiger partial charge on any atom is 0.352 e. The number of carbonyl (C=O) groups excluding carboxylic acids is 2. The number of benzene rings is 1. The maximum absolute atomic E-state index is 12.8. The molecule has 2 amide bonds. The quantitative estimate of drug-likeness (QED) is 0.258. The molecule has 1 saturated heterocycles. The van der Waals surface area contributed by atoms with Crippen molar-refractivity contribution in [1.82, 2.24) is 15.2 Å². The first kappa shape index (κ1) is 25.4. The number of rotatable bonds is 8. The van der Waals surface area contributed by atoms with Crippen LogP contribution < -0.4 is 15.6 Å². The van der Waals surface area contributed by atoms with Gasteiger partial charge in [0.05, 0.1) is 17.0 Å². The third-order valence-corrected chi connectivity index (χ3v) is 8.23. The van der Waals surface area contributed by atoms with Crippen LogP contribution in [0.3, 0.4) is 0 Å². The Bertz CT molecular complexity index is 1240. The molecule has 0 aliphatic carbocycles. The number of aromatic nitrogens is 2. The lowest BCUT2D eigenvalue weighted by Gasteiger charge is -2.49. The van der Waals surface area contributed by atoms with Crippen molar-refractivity contribution in [3.8, 4) is 0 Å². The number of fused-ring (bicyclic) bond motifs is 1. The Kier molecular flexibility index (Phi) is 7.90. The summed E-state index contributed by atoms with van der Waals surface area (Å²) in [7, 11) is 0. The van der Waals surface area contributed by atoms with Crippen molar-refractivity contribution in [2.75, 3.05) is 17.2 Å². The van der Waals surface area contributed by atoms with Crippen LogP contribution in [0.1, 0.15) is 0 Å². The molecule has 35 heavy (non-hydrogen) atoms. The summed E-state index contributed by atoms with van der Waals surface area (Å²) in [5.41, 5.74) is 6.03. The van der Waals surface area contributed by atoms with Crippen molar-refractivity contribution >= 4 is 70.3 Å². The smallest absolute Gasteiger partial charge is 0.352 e. The van der Waals surface area contributed by atoms with Crippen molar-refractivity contribution < 1.29 is 24.1 Å². The fraction of sp³-hybridized carbons (Fsp3) is 0.227. The number of nitrogens with two attached hydrogens (primary N) is 1. The van der Waals surface area contributed by atoms with Gasteiger partial charge in [-0.3, -0.25) is 14.5 Å². The average molecular weight is 553 g/mol. The van der Waals surface area contributed by atoms with Crippen LogP contribution in [0.4, 0.5) is 5.82 Å². The highest BCUT2D eigenvalue weighted by Gasteiger charge is 2.53. The molecule has 2 aliphatic heterocycles. The van der Waals surface area contributed by atoms with E-state index in [0.29, 0.717) is 38.6 Å². The van der Waals surface area contributed by atoms with Crippen LogP contribution >= 0.6 is 46.7 Å². The number of hydrogen-bond donors (Lipinski definition) is 3. The molecule has 2 atom stereocenters. The standard InChI is InChI=1S/C22H19Cl2N5O4S2/c23-13-3-4-14(24)15(8-13)34-10-17(30)27-18-20(31)29-19(22(32)33)12(9-35-21(18)29)2-1-6-28-7-5-16(25)26-11-28/h1-5,7-8,11,18,21,25H,6,9-10H2,(H2,27,30,32,33)/p+1/b2-1+/t18-,21-/m1/s1. The second-order valence-corrected chi connectivity index (χ2v) is 10.5. The molecule has 0 bridgehead atoms. The number of amides is 2. The average Bonchev–Trinajstić information content (AvgIpc) is 2.83. The molecule has 0 radical (unpaired) electrons. The molecular weight excluding hydrogens is 533 g/mol. The number of carboxylic acid groups (broad SMARTS) is 1. The molecule has 1 aromatic heterocycles. The zero-order valence-corrected chi connectivity index (χ0v) is 21.2. The minimum Gasteiger partial charge on any atom is -0.477 e. The molecule has 4 rings (SSSR count). The molecule has 3 heterocycles. The van der Waals surface area contributed by atoms with Gasteiger partial charge in [-0.25, -0.2) is 9.36 Å². The Morgan fingerprint density at radius 3 is 2.89 bits per heavy atom. The van der Waals surface area contributed by atoms with Gasteiger partial charge in [0.1, 0.15) is 23.7 Å². The monoisotopic (exact) mass is 552 g/mol. The SMILES string of the molecule is Nc1cc[n+](C/C=C/C2=C(C(=O)O)N3C(=O)[C@@H](NC(=O)CSc4cc(Cl)ccc4Cl)[C@H]3SC2)cn1. The van der Waals surface area contributed by atoms with Gasteiger partial charge in [-0.1, -0.05) is 29.3 Å². The molecule has 4 N–H and O–H groups in total. The molecule has 1 fully saturated rings. The van der Waals surface area contributed by atoms with Gasteiger partial charge >= 0.3 is 5.97 Å². The number of β-lactam (4-membered cyclic amide) rings is 1. The highest BCUT2D eigenvalue weighted by molar-refractivity contribution is 8.00. The zero-order valence-electron chi connectivity index (χ0n) is 18.1. The number of hydrogen-bond acceptors (Lipinski definition) is 7. The normalized spacial score (nSPS) is 19.5. The van der Waals surface area contributed by atoms with Crippen molar-refractivity contribution in [3.63, 3.8) is 0 Å². The van der Waals surface area contributed by atoms with Crippen molar-refractivity contribution in [2.24, 2.45) is 0 Å². The topological polar surface area (TPSA) is 130 Å². The second-order valence-electron chi connectivity index (χ2n) is 7.58. The van der Waals surface area contributed by atoms with Crippen LogP contribution in [0.5, 0.6) is 0 Å². The molecule has 9 nitrogen and oxygen atoms in total. The minimum absolute atomic E-state index is 0.0362. The van der Waals surface area contributed by atoms with Crippen molar-refractivity contribution in [2.45, 2.75) is 22.9 Å². The number of aliphatic carboxylic acids is 1. The van der Waals surface area contributed by atoms with Crippen LogP contribution in [-0.2, 0) is 20.9 Å². The van der Waals surface area contributed by atoms with E-state index in [1.54, 1.807) is 53.5 Å². The van der Waals surface area contributed by atoms with E-state index in [-0.39, 0.29) is 17.4 Å². The van der Waals surface area contributed by atoms with Gasteiger partial charge in [-0.2, -0.15) is 0 Å².